The summed E-state index contributed by atoms with van der Waals surface area (Å²) in [5.74, 6) is 8.57. The Labute approximate surface area is 109 Å². The molecular weight excluding hydrogens is 226 g/mol. The lowest BCUT2D eigenvalue weighted by atomic mass is 9.96. The van der Waals surface area contributed by atoms with E-state index in [1.54, 1.807) is 0 Å². The van der Waals surface area contributed by atoms with Gasteiger partial charge in [-0.05, 0) is 12.3 Å². The SMILES string of the molecule is CCC1CC1Nc1cc(NN)nc(C(C)(C)C)n1. The molecule has 18 heavy (non-hydrogen) atoms. The van der Waals surface area contributed by atoms with Gasteiger partial charge in [0.05, 0.1) is 0 Å². The second kappa shape index (κ2) is 4.72. The highest BCUT2D eigenvalue weighted by Crippen LogP contribution is 2.36. The molecule has 2 unspecified atom stereocenters. The summed E-state index contributed by atoms with van der Waals surface area (Å²) in [5.41, 5.74) is 2.52. The van der Waals surface area contributed by atoms with Gasteiger partial charge in [0.15, 0.2) is 0 Å². The summed E-state index contributed by atoms with van der Waals surface area (Å²) in [6.07, 6.45) is 2.45. The van der Waals surface area contributed by atoms with Gasteiger partial charge in [-0.15, -0.1) is 0 Å². The highest BCUT2D eigenvalue weighted by Gasteiger charge is 2.35. The third-order valence-electron chi connectivity index (χ3n) is 3.33. The molecule has 0 amide bonds. The van der Waals surface area contributed by atoms with Gasteiger partial charge in [-0.3, -0.25) is 0 Å². The maximum absolute atomic E-state index is 5.46. The van der Waals surface area contributed by atoms with Gasteiger partial charge in [-0.1, -0.05) is 34.1 Å². The van der Waals surface area contributed by atoms with Crippen LogP contribution in [-0.2, 0) is 5.41 Å². The largest absolute Gasteiger partial charge is 0.367 e. The zero-order valence-corrected chi connectivity index (χ0v) is 11.6. The molecule has 2 rings (SSSR count). The van der Waals surface area contributed by atoms with Crippen LogP contribution in [0.3, 0.4) is 0 Å². The minimum atomic E-state index is -0.0863. The second-order valence-electron chi connectivity index (χ2n) is 6.01. The molecule has 0 saturated heterocycles. The lowest BCUT2D eigenvalue weighted by Gasteiger charge is -2.18. The monoisotopic (exact) mass is 249 g/mol. The van der Waals surface area contributed by atoms with Crippen LogP contribution in [-0.4, -0.2) is 16.0 Å². The van der Waals surface area contributed by atoms with Crippen molar-refractivity contribution in [2.24, 2.45) is 11.8 Å². The van der Waals surface area contributed by atoms with Gasteiger partial charge >= 0.3 is 0 Å². The van der Waals surface area contributed by atoms with Gasteiger partial charge in [0, 0.05) is 17.5 Å². The molecule has 5 heteroatoms. The number of aromatic nitrogens is 2. The van der Waals surface area contributed by atoms with Crippen LogP contribution < -0.4 is 16.6 Å². The van der Waals surface area contributed by atoms with E-state index in [0.717, 1.165) is 17.6 Å². The summed E-state index contributed by atoms with van der Waals surface area (Å²) < 4.78 is 0. The van der Waals surface area contributed by atoms with Crippen LogP contribution in [0.4, 0.5) is 11.6 Å². The van der Waals surface area contributed by atoms with Gasteiger partial charge < -0.3 is 10.7 Å². The van der Waals surface area contributed by atoms with Crippen molar-refractivity contribution in [3.05, 3.63) is 11.9 Å². The molecule has 1 aromatic heterocycles. The van der Waals surface area contributed by atoms with Crippen LogP contribution in [0.1, 0.15) is 46.4 Å². The van der Waals surface area contributed by atoms with Crippen molar-refractivity contribution in [2.45, 2.75) is 52.0 Å². The van der Waals surface area contributed by atoms with E-state index in [1.165, 1.54) is 12.8 Å². The molecule has 1 saturated carbocycles. The Bertz CT molecular complexity index is 424. The van der Waals surface area contributed by atoms with Crippen molar-refractivity contribution in [3.8, 4) is 0 Å². The zero-order valence-electron chi connectivity index (χ0n) is 11.6. The molecule has 0 bridgehead atoms. The highest BCUT2D eigenvalue weighted by atomic mass is 15.3. The third kappa shape index (κ3) is 2.90. The van der Waals surface area contributed by atoms with Crippen molar-refractivity contribution in [2.75, 3.05) is 10.7 Å². The molecule has 5 nitrogen and oxygen atoms in total. The van der Waals surface area contributed by atoms with E-state index < -0.39 is 0 Å². The van der Waals surface area contributed by atoms with Crippen molar-refractivity contribution >= 4 is 11.6 Å². The van der Waals surface area contributed by atoms with E-state index in [1.807, 2.05) is 6.07 Å². The predicted molar refractivity (Wildman–Crippen MR) is 74.4 cm³/mol. The standard InChI is InChI=1S/C13H23N5/c1-5-8-6-9(8)15-10-7-11(18-14)17-12(16-10)13(2,3)4/h7-9H,5-6,14H2,1-4H3,(H2,15,16,17,18). The first-order chi connectivity index (χ1) is 8.44. The Morgan fingerprint density at radius 2 is 2.00 bits per heavy atom. The number of rotatable bonds is 4. The van der Waals surface area contributed by atoms with E-state index in [0.29, 0.717) is 11.9 Å². The Morgan fingerprint density at radius 3 is 2.50 bits per heavy atom. The molecule has 1 heterocycles. The number of nitrogen functional groups attached to an aromatic ring is 1. The van der Waals surface area contributed by atoms with E-state index in [9.17, 15) is 0 Å². The van der Waals surface area contributed by atoms with Gasteiger partial charge in [-0.2, -0.15) is 0 Å². The van der Waals surface area contributed by atoms with Crippen LogP contribution in [0.5, 0.6) is 0 Å². The minimum Gasteiger partial charge on any atom is -0.367 e. The molecule has 1 aromatic rings. The van der Waals surface area contributed by atoms with Crippen LogP contribution >= 0.6 is 0 Å². The summed E-state index contributed by atoms with van der Waals surface area (Å²) >= 11 is 0. The maximum atomic E-state index is 5.46. The quantitative estimate of drug-likeness (QED) is 0.564. The first-order valence-electron chi connectivity index (χ1n) is 6.56. The molecule has 4 N–H and O–H groups in total. The average molecular weight is 249 g/mol. The third-order valence-corrected chi connectivity index (χ3v) is 3.33. The molecule has 1 fully saturated rings. The summed E-state index contributed by atoms with van der Waals surface area (Å²) in [7, 11) is 0. The number of hydrogen-bond acceptors (Lipinski definition) is 5. The minimum absolute atomic E-state index is 0.0863. The number of anilines is 2. The molecule has 2 atom stereocenters. The van der Waals surface area contributed by atoms with Crippen molar-refractivity contribution < 1.29 is 0 Å². The topological polar surface area (TPSA) is 75.9 Å². The van der Waals surface area contributed by atoms with Crippen molar-refractivity contribution in [1.29, 1.82) is 0 Å². The van der Waals surface area contributed by atoms with Crippen molar-refractivity contribution in [1.82, 2.24) is 9.97 Å². The molecule has 100 valence electrons. The Balaban J connectivity index is 2.19. The number of nitrogens with zero attached hydrogens (tertiary/aromatic N) is 2. The fourth-order valence-electron chi connectivity index (χ4n) is 2.00. The average Bonchev–Trinajstić information content (AvgIpc) is 3.06. The Morgan fingerprint density at radius 1 is 1.33 bits per heavy atom. The van der Waals surface area contributed by atoms with Gasteiger partial charge in [-0.25, -0.2) is 15.8 Å². The first kappa shape index (κ1) is 13.1. The maximum Gasteiger partial charge on any atom is 0.145 e. The first-order valence-corrected chi connectivity index (χ1v) is 6.56. The molecule has 1 aliphatic carbocycles. The lowest BCUT2D eigenvalue weighted by molar-refractivity contribution is 0.546. The molecule has 1 aliphatic rings. The fraction of sp³-hybridized carbons (Fsp3) is 0.692. The number of hydrogen-bond donors (Lipinski definition) is 3. The van der Waals surface area contributed by atoms with Gasteiger partial charge in [0.25, 0.3) is 0 Å². The van der Waals surface area contributed by atoms with E-state index >= 15 is 0 Å². The lowest BCUT2D eigenvalue weighted by Crippen LogP contribution is -2.20. The summed E-state index contributed by atoms with van der Waals surface area (Å²) in [6, 6.07) is 2.42. The van der Waals surface area contributed by atoms with Gasteiger partial charge in [0.1, 0.15) is 17.5 Å². The van der Waals surface area contributed by atoms with Crippen LogP contribution in [0, 0.1) is 5.92 Å². The summed E-state index contributed by atoms with van der Waals surface area (Å²) in [5, 5.41) is 3.46. The molecule has 0 aliphatic heterocycles. The van der Waals surface area contributed by atoms with Crippen LogP contribution in [0.25, 0.3) is 0 Å². The highest BCUT2D eigenvalue weighted by molar-refractivity contribution is 5.48. The number of hydrazine groups is 1. The van der Waals surface area contributed by atoms with Crippen LogP contribution in [0.15, 0.2) is 6.07 Å². The smallest absolute Gasteiger partial charge is 0.145 e. The molecular formula is C13H23N5. The fourth-order valence-corrected chi connectivity index (χ4v) is 2.00. The second-order valence-corrected chi connectivity index (χ2v) is 6.01. The Hall–Kier alpha value is -1.36. The van der Waals surface area contributed by atoms with E-state index in [2.05, 4.69) is 48.4 Å². The number of nitrogens with one attached hydrogen (secondary N) is 2. The summed E-state index contributed by atoms with van der Waals surface area (Å²) in [4.78, 5) is 8.99. The van der Waals surface area contributed by atoms with Gasteiger partial charge in [0.2, 0.25) is 0 Å². The molecule has 0 aromatic carbocycles. The van der Waals surface area contributed by atoms with Crippen molar-refractivity contribution in [3.63, 3.8) is 0 Å². The van der Waals surface area contributed by atoms with E-state index in [4.69, 9.17) is 5.84 Å². The summed E-state index contributed by atoms with van der Waals surface area (Å²) in [6.45, 7) is 8.51. The van der Waals surface area contributed by atoms with Crippen LogP contribution in [0.2, 0.25) is 0 Å². The normalized spacial score (nSPS) is 22.7. The molecule has 0 radical (unpaired) electrons. The number of nitrogens with two attached hydrogens (primary N) is 1. The Kier molecular flexibility index (Phi) is 3.43. The predicted octanol–water partition coefficient (Wildman–Crippen LogP) is 2.27. The zero-order chi connectivity index (χ0) is 13.3. The van der Waals surface area contributed by atoms with E-state index in [-0.39, 0.29) is 5.41 Å². The molecule has 0 spiro atoms.